The van der Waals surface area contributed by atoms with E-state index in [4.69, 9.17) is 8.22 Å². The largest absolute Gasteiger partial charge is 0.333 e. The summed E-state index contributed by atoms with van der Waals surface area (Å²) in [5.41, 5.74) is 2.14. The lowest BCUT2D eigenvalue weighted by molar-refractivity contribution is 0.00258. The van der Waals surface area contributed by atoms with Gasteiger partial charge in [-0.15, -0.1) is 0 Å². The number of aryl methyl sites for hydroxylation is 1. The van der Waals surface area contributed by atoms with Crippen LogP contribution in [-0.2, 0) is 6.42 Å². The minimum Gasteiger partial charge on any atom is -0.333 e. The predicted molar refractivity (Wildman–Crippen MR) is 86.1 cm³/mol. The van der Waals surface area contributed by atoms with E-state index in [1.807, 2.05) is 6.07 Å². The lowest BCUT2D eigenvalue weighted by Crippen LogP contribution is -2.60. The second-order valence-corrected chi connectivity index (χ2v) is 6.60. The number of amides is 1. The van der Waals surface area contributed by atoms with Gasteiger partial charge in [-0.25, -0.2) is 0 Å². The third-order valence-corrected chi connectivity index (χ3v) is 5.33. The molecule has 0 N–H and O–H groups in total. The van der Waals surface area contributed by atoms with Crippen LogP contribution >= 0.6 is 0 Å². The van der Waals surface area contributed by atoms with Crippen LogP contribution in [0.2, 0.25) is 0 Å². The Bertz CT molecular complexity index is 905. The van der Waals surface area contributed by atoms with Gasteiger partial charge in [0.05, 0.1) is 4.11 Å². The van der Waals surface area contributed by atoms with Gasteiger partial charge >= 0.3 is 0 Å². The molecule has 116 valence electrons. The van der Waals surface area contributed by atoms with Gasteiger partial charge in [-0.2, -0.15) is 0 Å². The predicted octanol–water partition coefficient (Wildman–Crippen LogP) is 2.66. The topological polar surface area (TPSA) is 23.6 Å². The molecule has 1 aliphatic carbocycles. The number of hydrogen-bond acceptors (Lipinski definition) is 2. The van der Waals surface area contributed by atoms with E-state index in [0.717, 1.165) is 28.9 Å². The number of nitrogens with zero attached hydrogens (tertiary/aromatic N) is 2. The Morgan fingerprint density at radius 3 is 3.18 bits per heavy atom. The first-order valence-corrected chi connectivity index (χ1v) is 8.15. The van der Waals surface area contributed by atoms with Crippen LogP contribution in [0.5, 0.6) is 0 Å². The van der Waals surface area contributed by atoms with E-state index in [1.54, 1.807) is 12.1 Å². The number of carbonyl (C=O) groups is 1. The van der Waals surface area contributed by atoms with Crippen molar-refractivity contribution in [1.82, 2.24) is 9.80 Å². The highest BCUT2D eigenvalue weighted by Gasteiger charge is 2.43. The quantitative estimate of drug-likeness (QED) is 0.796. The number of hydrogen-bond donors (Lipinski definition) is 0. The van der Waals surface area contributed by atoms with Crippen LogP contribution in [0.4, 0.5) is 0 Å². The zero-order chi connectivity index (χ0) is 21.0. The maximum absolute atomic E-state index is 13.6. The van der Waals surface area contributed by atoms with Gasteiger partial charge in [-0.3, -0.25) is 4.79 Å². The van der Waals surface area contributed by atoms with Gasteiger partial charge in [0.15, 0.2) is 0 Å². The Kier molecular flexibility index (Phi) is 1.74. The fraction of sp³-hybridized carbons (Fsp3) is 0.632. The zero-order valence-corrected chi connectivity index (χ0v) is 12.4. The second-order valence-electron chi connectivity index (χ2n) is 6.60. The number of rotatable bonds is 1. The Hall–Kier alpha value is -1.35. The number of carbonyl (C=O) groups excluding carboxylic acids is 1. The first kappa shape index (κ1) is 7.96. The van der Waals surface area contributed by atoms with E-state index in [2.05, 4.69) is 0 Å². The average molecular weight is 303 g/mol. The summed E-state index contributed by atoms with van der Waals surface area (Å²) in [5.74, 6) is -2.24. The van der Waals surface area contributed by atoms with Crippen molar-refractivity contribution in [2.24, 2.45) is 5.92 Å². The van der Waals surface area contributed by atoms with Crippen LogP contribution in [-0.4, -0.2) is 47.8 Å². The summed E-state index contributed by atoms with van der Waals surface area (Å²) in [4.78, 5) is 15.8. The fourth-order valence-electron chi connectivity index (χ4n) is 4.23. The highest BCUT2D eigenvalue weighted by Crippen LogP contribution is 2.41. The molecule has 4 aliphatic heterocycles. The van der Waals surface area contributed by atoms with Gasteiger partial charge in [0.25, 0.3) is 5.91 Å². The molecule has 6 rings (SSSR count). The highest BCUT2D eigenvalue weighted by molar-refractivity contribution is 5.97. The monoisotopic (exact) mass is 303 g/mol. The molecule has 3 nitrogen and oxygen atoms in total. The molecule has 3 heteroatoms. The molecule has 4 heterocycles. The SMILES string of the molecule is [2H]C1([2H])[C@H]2CCCc3cccc(c32)C(=O)N1[C@]1([2H])CN2CC[C@H]1C([2H])([2H])C2([2H])[2H]. The third-order valence-electron chi connectivity index (χ3n) is 5.33. The normalized spacial score (nSPS) is 51.3. The standard InChI is InChI=1S/C19H24N2O/c22-19-16-6-2-4-14-3-1-5-15(18(14)16)11-21(19)17-12-20-9-7-13(17)8-10-20/h2,4,6,13,15,17H,1,3,5,7-12H2/t15-,17-/m1/s1/i7D2,9D2,11D2,17D/t13-,15-,17-. The molecule has 0 aromatic heterocycles. The van der Waals surface area contributed by atoms with E-state index in [9.17, 15) is 6.17 Å². The molecular weight excluding hydrogens is 272 g/mol. The van der Waals surface area contributed by atoms with Crippen LogP contribution in [0.25, 0.3) is 0 Å². The van der Waals surface area contributed by atoms with E-state index < -0.39 is 43.1 Å². The van der Waals surface area contributed by atoms with Crippen molar-refractivity contribution in [3.05, 3.63) is 34.9 Å². The highest BCUT2D eigenvalue weighted by atomic mass is 16.2. The van der Waals surface area contributed by atoms with Gasteiger partial charge in [0, 0.05) is 36.0 Å². The maximum atomic E-state index is 13.6. The van der Waals surface area contributed by atoms with Crippen LogP contribution in [0.1, 0.15) is 62.6 Å². The Morgan fingerprint density at radius 2 is 2.27 bits per heavy atom. The average Bonchev–Trinajstić information content (AvgIpc) is 2.64. The van der Waals surface area contributed by atoms with Crippen LogP contribution < -0.4 is 0 Å². The molecule has 1 aromatic carbocycles. The lowest BCUT2D eigenvalue weighted by atomic mass is 9.75. The number of fused-ring (bicyclic) bond motifs is 3. The number of benzene rings is 1. The lowest BCUT2D eigenvalue weighted by Gasteiger charge is -2.51. The van der Waals surface area contributed by atoms with Gasteiger partial charge in [0.2, 0.25) is 0 Å². The van der Waals surface area contributed by atoms with E-state index in [-0.39, 0.29) is 13.0 Å². The molecule has 1 unspecified atom stereocenters. The van der Waals surface area contributed by atoms with E-state index >= 15 is 0 Å². The zero-order valence-electron chi connectivity index (χ0n) is 19.4. The summed E-state index contributed by atoms with van der Waals surface area (Å²) in [6.45, 7) is -4.28. The molecule has 5 aliphatic rings. The van der Waals surface area contributed by atoms with Crippen molar-refractivity contribution in [3.8, 4) is 0 Å². The van der Waals surface area contributed by atoms with E-state index in [0.29, 0.717) is 18.5 Å². The summed E-state index contributed by atoms with van der Waals surface area (Å²) in [7, 11) is 0. The maximum Gasteiger partial charge on any atom is 0.254 e. The van der Waals surface area contributed by atoms with Crippen LogP contribution in [0.3, 0.4) is 0 Å². The molecule has 4 atom stereocenters. The Balaban J connectivity index is 1.68. The Labute approximate surface area is 142 Å². The van der Waals surface area contributed by atoms with E-state index in [1.165, 1.54) is 4.90 Å². The van der Waals surface area contributed by atoms with Crippen molar-refractivity contribution >= 4 is 5.91 Å². The molecular formula is C19H24N2O. The molecule has 0 spiro atoms. The first-order chi connectivity index (χ1) is 13.4. The minimum atomic E-state index is -2.36. The van der Waals surface area contributed by atoms with Crippen LogP contribution in [0, 0.1) is 5.92 Å². The number of piperidine rings is 3. The molecule has 1 amide bonds. The second kappa shape index (κ2) is 4.82. The molecule has 2 bridgehead atoms. The molecule has 3 fully saturated rings. The fourth-order valence-corrected chi connectivity index (χ4v) is 4.23. The van der Waals surface area contributed by atoms with Crippen molar-refractivity contribution in [2.75, 3.05) is 26.1 Å². The van der Waals surface area contributed by atoms with Crippen molar-refractivity contribution in [1.29, 1.82) is 0 Å². The first-order valence-electron chi connectivity index (χ1n) is 11.7. The van der Waals surface area contributed by atoms with Crippen molar-refractivity contribution < 1.29 is 14.4 Å². The molecule has 3 saturated heterocycles. The van der Waals surface area contributed by atoms with Gasteiger partial charge in [-0.1, -0.05) is 12.1 Å². The van der Waals surface area contributed by atoms with Gasteiger partial charge in [0.1, 0.15) is 0 Å². The smallest absolute Gasteiger partial charge is 0.254 e. The Morgan fingerprint density at radius 1 is 1.32 bits per heavy atom. The summed E-state index contributed by atoms with van der Waals surface area (Å²) in [6, 6.07) is 3.53. The van der Waals surface area contributed by atoms with Gasteiger partial charge in [-0.05, 0) is 68.2 Å². The molecule has 1 aromatic rings. The third kappa shape index (κ3) is 1.81. The van der Waals surface area contributed by atoms with Crippen LogP contribution in [0.15, 0.2) is 18.2 Å². The molecule has 0 saturated carbocycles. The molecule has 0 radical (unpaired) electrons. The summed E-state index contributed by atoms with van der Waals surface area (Å²) >= 11 is 0. The summed E-state index contributed by atoms with van der Waals surface area (Å²) < 4.78 is 60.4. The minimum absolute atomic E-state index is 0.197. The van der Waals surface area contributed by atoms with Crippen molar-refractivity contribution in [3.63, 3.8) is 0 Å². The van der Waals surface area contributed by atoms with Gasteiger partial charge < -0.3 is 9.80 Å². The summed E-state index contributed by atoms with van der Waals surface area (Å²) in [5, 5.41) is 0. The molecule has 22 heavy (non-hydrogen) atoms. The summed E-state index contributed by atoms with van der Waals surface area (Å²) in [6.07, 6.45) is 0.0174. The van der Waals surface area contributed by atoms with Crippen molar-refractivity contribution in [2.45, 2.75) is 44.0 Å².